The van der Waals surface area contributed by atoms with Crippen LogP contribution in [0, 0.1) is 12.8 Å². The molecular formula is C28H29NO6. The molecule has 1 aliphatic rings. The molecule has 1 aliphatic heterocycles. The van der Waals surface area contributed by atoms with Crippen molar-refractivity contribution in [1.82, 2.24) is 0 Å². The lowest BCUT2D eigenvalue weighted by Crippen LogP contribution is -2.46. The lowest BCUT2D eigenvalue weighted by atomic mass is 9.83. The molecule has 1 heterocycles. The van der Waals surface area contributed by atoms with Crippen molar-refractivity contribution in [3.63, 3.8) is 0 Å². The minimum absolute atomic E-state index is 0.0602. The van der Waals surface area contributed by atoms with Gasteiger partial charge in [-0.1, -0.05) is 35.9 Å². The van der Waals surface area contributed by atoms with Crippen LogP contribution in [0.5, 0.6) is 23.0 Å². The van der Waals surface area contributed by atoms with E-state index in [2.05, 4.69) is 0 Å². The van der Waals surface area contributed by atoms with Gasteiger partial charge < -0.3 is 23.8 Å². The van der Waals surface area contributed by atoms with Gasteiger partial charge in [0.25, 0.3) is 0 Å². The van der Waals surface area contributed by atoms with E-state index in [0.29, 0.717) is 29.4 Å². The number of carbonyl (C=O) groups is 2. The number of nitrogens with zero attached hydrogens (tertiary/aromatic N) is 1. The van der Waals surface area contributed by atoms with E-state index in [4.69, 9.17) is 18.9 Å². The number of methoxy groups -OCH3 is 3. The molecule has 1 saturated heterocycles. The largest absolute Gasteiger partial charge is 0.493 e. The van der Waals surface area contributed by atoms with Crippen molar-refractivity contribution < 1.29 is 28.5 Å². The van der Waals surface area contributed by atoms with Crippen molar-refractivity contribution in [2.24, 2.45) is 5.92 Å². The van der Waals surface area contributed by atoms with Crippen molar-refractivity contribution >= 4 is 17.6 Å². The molecule has 2 atom stereocenters. The van der Waals surface area contributed by atoms with Crippen molar-refractivity contribution in [3.8, 4) is 23.0 Å². The summed E-state index contributed by atoms with van der Waals surface area (Å²) in [5, 5.41) is 0. The first-order valence-corrected chi connectivity index (χ1v) is 11.4. The number of ether oxygens (including phenoxy) is 4. The van der Waals surface area contributed by atoms with Crippen LogP contribution in [0.25, 0.3) is 0 Å². The van der Waals surface area contributed by atoms with Crippen LogP contribution < -0.4 is 23.8 Å². The van der Waals surface area contributed by atoms with Crippen molar-refractivity contribution in [2.45, 2.75) is 25.8 Å². The fourth-order valence-corrected chi connectivity index (χ4v) is 4.45. The van der Waals surface area contributed by atoms with Gasteiger partial charge in [0.15, 0.2) is 23.0 Å². The highest BCUT2D eigenvalue weighted by Gasteiger charge is 2.43. The minimum Gasteiger partial charge on any atom is -0.493 e. The molecule has 1 amide bonds. The maximum atomic E-state index is 13.6. The average Bonchev–Trinajstić information content (AvgIpc) is 2.89. The van der Waals surface area contributed by atoms with E-state index in [0.717, 1.165) is 16.8 Å². The van der Waals surface area contributed by atoms with E-state index < -0.39 is 17.9 Å². The average molecular weight is 476 g/mol. The summed E-state index contributed by atoms with van der Waals surface area (Å²) in [5.41, 5.74) is 2.54. The molecule has 3 aromatic rings. The van der Waals surface area contributed by atoms with Crippen LogP contribution in [0.4, 0.5) is 5.69 Å². The number of hydrogen-bond acceptors (Lipinski definition) is 6. The highest BCUT2D eigenvalue weighted by atomic mass is 16.6. The number of para-hydroxylation sites is 2. The Kier molecular flexibility index (Phi) is 7.25. The molecule has 35 heavy (non-hydrogen) atoms. The van der Waals surface area contributed by atoms with Crippen LogP contribution in [-0.2, 0) is 9.59 Å². The number of rotatable bonds is 7. The molecule has 0 saturated carbocycles. The molecule has 2 unspecified atom stereocenters. The maximum Gasteiger partial charge on any atom is 0.316 e. The summed E-state index contributed by atoms with van der Waals surface area (Å²) in [6.07, 6.45) is 0.581. The van der Waals surface area contributed by atoms with Gasteiger partial charge >= 0.3 is 5.97 Å². The summed E-state index contributed by atoms with van der Waals surface area (Å²) in [6.45, 7) is 1.99. The van der Waals surface area contributed by atoms with Gasteiger partial charge in [-0.2, -0.15) is 0 Å². The fourth-order valence-electron chi connectivity index (χ4n) is 4.45. The number of amides is 1. The molecule has 1 fully saturated rings. The molecule has 182 valence electrons. The zero-order valence-corrected chi connectivity index (χ0v) is 20.3. The Morgan fingerprint density at radius 2 is 1.46 bits per heavy atom. The molecule has 0 spiro atoms. The van der Waals surface area contributed by atoms with E-state index in [9.17, 15) is 9.59 Å². The van der Waals surface area contributed by atoms with Crippen LogP contribution in [0.3, 0.4) is 0 Å². The third kappa shape index (κ3) is 4.94. The third-order valence-electron chi connectivity index (χ3n) is 6.24. The molecule has 0 bridgehead atoms. The third-order valence-corrected chi connectivity index (χ3v) is 6.24. The van der Waals surface area contributed by atoms with Gasteiger partial charge in [-0.25, -0.2) is 0 Å². The first-order chi connectivity index (χ1) is 17.0. The normalized spacial score (nSPS) is 17.6. The maximum absolute atomic E-state index is 13.6. The molecule has 0 radical (unpaired) electrons. The summed E-state index contributed by atoms with van der Waals surface area (Å²) >= 11 is 0. The first kappa shape index (κ1) is 24.1. The summed E-state index contributed by atoms with van der Waals surface area (Å²) in [4.78, 5) is 28.5. The van der Waals surface area contributed by atoms with Crippen molar-refractivity contribution in [1.29, 1.82) is 0 Å². The zero-order chi connectivity index (χ0) is 24.9. The van der Waals surface area contributed by atoms with E-state index in [1.54, 1.807) is 49.5 Å². The molecule has 7 nitrogen and oxygen atoms in total. The molecule has 0 aromatic heterocycles. The highest BCUT2D eigenvalue weighted by Crippen LogP contribution is 2.43. The summed E-state index contributed by atoms with van der Waals surface area (Å²) in [5.74, 6) is 0.777. The number of aryl methyl sites for hydroxylation is 1. The lowest BCUT2D eigenvalue weighted by Gasteiger charge is -2.40. The van der Waals surface area contributed by atoms with Crippen LogP contribution >= 0.6 is 0 Å². The fraction of sp³-hybridized carbons (Fsp3) is 0.286. The number of benzene rings is 3. The van der Waals surface area contributed by atoms with Gasteiger partial charge in [0.05, 0.1) is 33.3 Å². The second-order valence-electron chi connectivity index (χ2n) is 8.38. The summed E-state index contributed by atoms with van der Waals surface area (Å²) in [6, 6.07) is 19.6. The predicted molar refractivity (Wildman–Crippen MR) is 132 cm³/mol. The van der Waals surface area contributed by atoms with Crippen molar-refractivity contribution in [2.75, 3.05) is 26.2 Å². The Balaban J connectivity index is 1.79. The van der Waals surface area contributed by atoms with Gasteiger partial charge in [0.2, 0.25) is 5.91 Å². The minimum atomic E-state index is -0.614. The second-order valence-corrected chi connectivity index (χ2v) is 8.38. The smallest absolute Gasteiger partial charge is 0.316 e. The predicted octanol–water partition coefficient (Wildman–Crippen LogP) is 5.11. The number of anilines is 1. The lowest BCUT2D eigenvalue weighted by molar-refractivity contribution is -0.141. The van der Waals surface area contributed by atoms with Gasteiger partial charge in [0.1, 0.15) is 0 Å². The van der Waals surface area contributed by atoms with E-state index in [-0.39, 0.29) is 12.3 Å². The SMILES string of the molecule is COc1ccc(C2C(C(=O)Oc3ccccc3OC)CCC(=O)N2c2ccc(C)cc2)cc1OC. The quantitative estimate of drug-likeness (QED) is 0.349. The molecule has 0 aliphatic carbocycles. The van der Waals surface area contributed by atoms with E-state index in [1.807, 2.05) is 43.3 Å². The Labute approximate surface area is 205 Å². The summed E-state index contributed by atoms with van der Waals surface area (Å²) in [7, 11) is 4.64. The molecular weight excluding hydrogens is 446 g/mol. The Morgan fingerprint density at radius 1 is 0.829 bits per heavy atom. The number of hydrogen-bond donors (Lipinski definition) is 0. The monoisotopic (exact) mass is 475 g/mol. The number of piperidine rings is 1. The Hall–Kier alpha value is -4.00. The van der Waals surface area contributed by atoms with Gasteiger partial charge in [-0.3, -0.25) is 9.59 Å². The second kappa shape index (κ2) is 10.5. The van der Waals surface area contributed by atoms with Gasteiger partial charge in [-0.05, 0) is 55.3 Å². The van der Waals surface area contributed by atoms with Gasteiger partial charge in [0, 0.05) is 12.1 Å². The highest BCUT2D eigenvalue weighted by molar-refractivity contribution is 5.97. The van der Waals surface area contributed by atoms with E-state index >= 15 is 0 Å². The molecule has 0 N–H and O–H groups in total. The number of esters is 1. The summed E-state index contributed by atoms with van der Waals surface area (Å²) < 4.78 is 22.1. The van der Waals surface area contributed by atoms with E-state index in [1.165, 1.54) is 7.11 Å². The molecule has 7 heteroatoms. The zero-order valence-electron chi connectivity index (χ0n) is 20.3. The van der Waals surface area contributed by atoms with Crippen molar-refractivity contribution in [3.05, 3.63) is 77.9 Å². The van der Waals surface area contributed by atoms with Crippen LogP contribution in [0.2, 0.25) is 0 Å². The standard InChI is InChI=1S/C28H29NO6/c1-18-9-12-20(13-10-18)29-26(30)16-14-21(28(31)35-24-8-6-5-7-22(24)32-2)27(29)19-11-15-23(33-3)25(17-19)34-4/h5-13,15,17,21,27H,14,16H2,1-4H3. The molecule has 4 rings (SSSR count). The number of carbonyl (C=O) groups excluding carboxylic acids is 2. The van der Waals surface area contributed by atoms with Crippen LogP contribution in [-0.4, -0.2) is 33.2 Å². The van der Waals surface area contributed by atoms with Crippen LogP contribution in [0.15, 0.2) is 66.7 Å². The Morgan fingerprint density at radius 3 is 2.11 bits per heavy atom. The first-order valence-electron chi connectivity index (χ1n) is 11.4. The molecule has 3 aromatic carbocycles. The van der Waals surface area contributed by atoms with Crippen LogP contribution in [0.1, 0.15) is 30.0 Å². The Bertz CT molecular complexity index is 1210. The van der Waals surface area contributed by atoms with Gasteiger partial charge in [-0.15, -0.1) is 0 Å². The topological polar surface area (TPSA) is 74.3 Å².